The zero-order valence-electron chi connectivity index (χ0n) is 18.1. The van der Waals surface area contributed by atoms with Crippen molar-refractivity contribution in [2.75, 3.05) is 18.5 Å². The molecule has 0 radical (unpaired) electrons. The zero-order chi connectivity index (χ0) is 21.6. The second kappa shape index (κ2) is 9.85. The Morgan fingerprint density at radius 3 is 2.97 bits per heavy atom. The number of aromatic nitrogens is 3. The molecular weight excluding hydrogens is 390 g/mol. The fourth-order valence-electron chi connectivity index (χ4n) is 4.08. The summed E-state index contributed by atoms with van der Waals surface area (Å²) in [6.07, 6.45) is 7.52. The van der Waals surface area contributed by atoms with Crippen LogP contribution in [0.4, 0.5) is 11.6 Å². The molecule has 0 aliphatic carbocycles. The van der Waals surface area contributed by atoms with Crippen LogP contribution in [0.5, 0.6) is 5.75 Å². The van der Waals surface area contributed by atoms with Crippen LogP contribution in [0.2, 0.25) is 0 Å². The first kappa shape index (κ1) is 21.2. The molecule has 1 unspecified atom stereocenters. The number of hydrogen-bond donors (Lipinski definition) is 2. The molecule has 1 aliphatic heterocycles. The van der Waals surface area contributed by atoms with Crippen LogP contribution in [0.3, 0.4) is 0 Å². The van der Waals surface area contributed by atoms with Gasteiger partial charge in [-0.15, -0.1) is 0 Å². The third kappa shape index (κ3) is 5.00. The lowest BCUT2D eigenvalue weighted by molar-refractivity contribution is 0.242. The van der Waals surface area contributed by atoms with Crippen LogP contribution >= 0.6 is 0 Å². The minimum atomic E-state index is -0.0290. The SMILES string of the molecule is CCOc1ccc(CN2CCCC2c2cncc(Nc3ncccc3C)n2)cc1CO. The van der Waals surface area contributed by atoms with Gasteiger partial charge in [0, 0.05) is 18.3 Å². The lowest BCUT2D eigenvalue weighted by Gasteiger charge is -2.24. The summed E-state index contributed by atoms with van der Waals surface area (Å²) >= 11 is 0. The lowest BCUT2D eigenvalue weighted by Crippen LogP contribution is -2.24. The Labute approximate surface area is 183 Å². The molecule has 31 heavy (non-hydrogen) atoms. The summed E-state index contributed by atoms with van der Waals surface area (Å²) in [6, 6.07) is 10.2. The second-order valence-electron chi connectivity index (χ2n) is 7.78. The highest BCUT2D eigenvalue weighted by Crippen LogP contribution is 2.33. The molecule has 2 N–H and O–H groups in total. The summed E-state index contributed by atoms with van der Waals surface area (Å²) in [5.41, 5.74) is 4.01. The third-order valence-corrected chi connectivity index (χ3v) is 5.59. The van der Waals surface area contributed by atoms with Gasteiger partial charge < -0.3 is 15.2 Å². The molecule has 4 rings (SSSR count). The van der Waals surface area contributed by atoms with Crippen molar-refractivity contribution in [2.45, 2.75) is 45.9 Å². The Morgan fingerprint density at radius 2 is 2.16 bits per heavy atom. The first-order chi connectivity index (χ1) is 15.2. The predicted octanol–water partition coefficient (Wildman–Crippen LogP) is 4.15. The van der Waals surface area contributed by atoms with E-state index < -0.39 is 0 Å². The van der Waals surface area contributed by atoms with E-state index in [1.54, 1.807) is 12.4 Å². The Bertz CT molecular complexity index is 1030. The molecule has 2 aromatic heterocycles. The quantitative estimate of drug-likeness (QED) is 0.567. The second-order valence-corrected chi connectivity index (χ2v) is 7.78. The number of likely N-dealkylation sites (tertiary alicyclic amines) is 1. The van der Waals surface area contributed by atoms with E-state index in [1.807, 2.05) is 44.3 Å². The molecule has 3 aromatic rings. The van der Waals surface area contributed by atoms with E-state index in [9.17, 15) is 5.11 Å². The van der Waals surface area contributed by atoms with E-state index in [4.69, 9.17) is 9.72 Å². The van der Waals surface area contributed by atoms with Gasteiger partial charge in [0.2, 0.25) is 0 Å². The van der Waals surface area contributed by atoms with E-state index >= 15 is 0 Å². The maximum atomic E-state index is 9.71. The molecule has 1 aliphatic rings. The molecule has 162 valence electrons. The minimum absolute atomic E-state index is 0.0290. The van der Waals surface area contributed by atoms with Crippen LogP contribution in [-0.2, 0) is 13.2 Å². The van der Waals surface area contributed by atoms with Crippen LogP contribution in [0.15, 0.2) is 48.9 Å². The molecule has 1 atom stereocenters. The molecule has 0 amide bonds. The van der Waals surface area contributed by atoms with Gasteiger partial charge in [-0.2, -0.15) is 0 Å². The van der Waals surface area contributed by atoms with Gasteiger partial charge in [-0.3, -0.25) is 9.88 Å². The average Bonchev–Trinajstić information content (AvgIpc) is 3.25. The molecule has 0 saturated carbocycles. The van der Waals surface area contributed by atoms with Crippen molar-refractivity contribution in [3.05, 3.63) is 71.3 Å². The monoisotopic (exact) mass is 419 g/mol. The number of nitrogens with zero attached hydrogens (tertiary/aromatic N) is 4. The first-order valence-electron chi connectivity index (χ1n) is 10.8. The predicted molar refractivity (Wildman–Crippen MR) is 120 cm³/mol. The number of rotatable bonds is 8. The van der Waals surface area contributed by atoms with Crippen molar-refractivity contribution in [3.8, 4) is 5.75 Å². The number of aryl methyl sites for hydroxylation is 1. The Hall–Kier alpha value is -3.03. The van der Waals surface area contributed by atoms with Crippen LogP contribution < -0.4 is 10.1 Å². The molecule has 1 fully saturated rings. The summed E-state index contributed by atoms with van der Waals surface area (Å²) in [5.74, 6) is 2.25. The molecule has 1 saturated heterocycles. The number of hydrogen-bond acceptors (Lipinski definition) is 7. The topological polar surface area (TPSA) is 83.4 Å². The summed E-state index contributed by atoms with van der Waals surface area (Å²) in [5, 5.41) is 13.0. The van der Waals surface area contributed by atoms with Crippen LogP contribution in [0.1, 0.15) is 48.2 Å². The number of anilines is 2. The molecule has 7 heteroatoms. The fraction of sp³-hybridized carbons (Fsp3) is 0.375. The van der Waals surface area contributed by atoms with E-state index in [0.717, 1.165) is 59.9 Å². The van der Waals surface area contributed by atoms with Gasteiger partial charge in [-0.05, 0) is 62.6 Å². The van der Waals surface area contributed by atoms with Gasteiger partial charge >= 0.3 is 0 Å². The number of benzene rings is 1. The number of ether oxygens (including phenoxy) is 1. The van der Waals surface area contributed by atoms with Crippen molar-refractivity contribution >= 4 is 11.6 Å². The van der Waals surface area contributed by atoms with Gasteiger partial charge in [0.1, 0.15) is 17.4 Å². The van der Waals surface area contributed by atoms with E-state index in [2.05, 4.69) is 26.3 Å². The van der Waals surface area contributed by atoms with E-state index in [1.165, 1.54) is 0 Å². The van der Waals surface area contributed by atoms with Crippen molar-refractivity contribution in [1.82, 2.24) is 19.9 Å². The summed E-state index contributed by atoms with van der Waals surface area (Å²) in [4.78, 5) is 16.1. The third-order valence-electron chi connectivity index (χ3n) is 5.59. The number of pyridine rings is 1. The molecule has 3 heterocycles. The van der Waals surface area contributed by atoms with Crippen molar-refractivity contribution in [1.29, 1.82) is 0 Å². The molecule has 0 spiro atoms. The first-order valence-corrected chi connectivity index (χ1v) is 10.8. The summed E-state index contributed by atoms with van der Waals surface area (Å²) in [6.45, 7) is 6.32. The normalized spacial score (nSPS) is 16.4. The van der Waals surface area contributed by atoms with Crippen molar-refractivity contribution in [3.63, 3.8) is 0 Å². The van der Waals surface area contributed by atoms with Gasteiger partial charge in [0.05, 0.1) is 37.3 Å². The van der Waals surface area contributed by atoms with Gasteiger partial charge in [-0.25, -0.2) is 9.97 Å². The molecular formula is C24H29N5O2. The van der Waals surface area contributed by atoms with Crippen LogP contribution in [-0.4, -0.2) is 38.1 Å². The standard InChI is InChI=1S/C24H29N5O2/c1-3-31-22-9-8-18(12-19(22)16-30)15-29-11-5-7-21(29)20-13-25-14-23(27-20)28-24-17(2)6-4-10-26-24/h4,6,8-10,12-14,21,30H,3,5,7,11,15-16H2,1-2H3,(H,26,27,28). The van der Waals surface area contributed by atoms with E-state index in [0.29, 0.717) is 12.4 Å². The number of nitrogens with one attached hydrogen (secondary N) is 1. The molecule has 0 bridgehead atoms. The molecule has 1 aromatic carbocycles. The van der Waals surface area contributed by atoms with Crippen LogP contribution in [0.25, 0.3) is 0 Å². The highest BCUT2D eigenvalue weighted by Gasteiger charge is 2.28. The Morgan fingerprint density at radius 1 is 1.26 bits per heavy atom. The summed E-state index contributed by atoms with van der Waals surface area (Å²) in [7, 11) is 0. The van der Waals surface area contributed by atoms with Crippen molar-refractivity contribution in [2.24, 2.45) is 0 Å². The lowest BCUT2D eigenvalue weighted by atomic mass is 10.1. The van der Waals surface area contributed by atoms with Gasteiger partial charge in [0.25, 0.3) is 0 Å². The average molecular weight is 420 g/mol. The van der Waals surface area contributed by atoms with Gasteiger partial charge in [-0.1, -0.05) is 12.1 Å². The maximum Gasteiger partial charge on any atom is 0.150 e. The Balaban J connectivity index is 1.50. The fourth-order valence-corrected chi connectivity index (χ4v) is 4.08. The number of aliphatic hydroxyl groups is 1. The minimum Gasteiger partial charge on any atom is -0.494 e. The highest BCUT2D eigenvalue weighted by atomic mass is 16.5. The van der Waals surface area contributed by atoms with E-state index in [-0.39, 0.29) is 12.6 Å². The van der Waals surface area contributed by atoms with Gasteiger partial charge in [0.15, 0.2) is 0 Å². The Kier molecular flexibility index (Phi) is 6.74. The highest BCUT2D eigenvalue weighted by molar-refractivity contribution is 5.54. The zero-order valence-corrected chi connectivity index (χ0v) is 18.1. The van der Waals surface area contributed by atoms with Crippen molar-refractivity contribution < 1.29 is 9.84 Å². The summed E-state index contributed by atoms with van der Waals surface area (Å²) < 4.78 is 5.61. The largest absolute Gasteiger partial charge is 0.494 e. The molecule has 7 nitrogen and oxygen atoms in total. The smallest absolute Gasteiger partial charge is 0.150 e. The maximum absolute atomic E-state index is 9.71. The number of aliphatic hydroxyl groups excluding tert-OH is 1. The van der Waals surface area contributed by atoms with Crippen LogP contribution in [0, 0.1) is 6.92 Å².